The van der Waals surface area contributed by atoms with Gasteiger partial charge in [-0.3, -0.25) is 0 Å². The zero-order chi connectivity index (χ0) is 12.5. The van der Waals surface area contributed by atoms with Crippen LogP contribution in [0, 0.1) is 6.92 Å². The topological polar surface area (TPSA) is 32.3 Å². The SMILES string of the molecule is CCCCCCC(CO)Nc1ccccc1C. The van der Waals surface area contributed by atoms with Crippen molar-refractivity contribution in [1.29, 1.82) is 0 Å². The lowest BCUT2D eigenvalue weighted by atomic mass is 10.1. The molecule has 0 aromatic heterocycles. The van der Waals surface area contributed by atoms with Crippen LogP contribution in [0.3, 0.4) is 0 Å². The summed E-state index contributed by atoms with van der Waals surface area (Å²) < 4.78 is 0. The molecule has 1 atom stereocenters. The van der Waals surface area contributed by atoms with Gasteiger partial charge in [0.2, 0.25) is 0 Å². The van der Waals surface area contributed by atoms with Crippen LogP contribution in [-0.2, 0) is 0 Å². The van der Waals surface area contributed by atoms with E-state index in [4.69, 9.17) is 0 Å². The summed E-state index contributed by atoms with van der Waals surface area (Å²) in [5, 5.41) is 12.8. The number of nitrogens with one attached hydrogen (secondary N) is 1. The zero-order valence-corrected chi connectivity index (χ0v) is 11.1. The molecule has 0 radical (unpaired) electrons. The van der Waals surface area contributed by atoms with Crippen molar-refractivity contribution in [3.05, 3.63) is 29.8 Å². The van der Waals surface area contributed by atoms with Gasteiger partial charge in [-0.1, -0.05) is 50.8 Å². The number of aryl methyl sites for hydroxylation is 1. The molecule has 17 heavy (non-hydrogen) atoms. The molecule has 0 amide bonds. The molecule has 0 spiro atoms. The van der Waals surface area contributed by atoms with E-state index >= 15 is 0 Å². The second kappa shape index (κ2) is 8.13. The van der Waals surface area contributed by atoms with Crippen molar-refractivity contribution in [1.82, 2.24) is 0 Å². The van der Waals surface area contributed by atoms with Gasteiger partial charge in [-0.25, -0.2) is 0 Å². The molecule has 2 nitrogen and oxygen atoms in total. The minimum Gasteiger partial charge on any atom is -0.394 e. The lowest BCUT2D eigenvalue weighted by molar-refractivity contribution is 0.266. The van der Waals surface area contributed by atoms with Crippen LogP contribution >= 0.6 is 0 Å². The lowest BCUT2D eigenvalue weighted by Crippen LogP contribution is -2.24. The van der Waals surface area contributed by atoms with Crippen LogP contribution in [0.5, 0.6) is 0 Å². The molecule has 1 aromatic rings. The molecule has 1 aromatic carbocycles. The highest BCUT2D eigenvalue weighted by molar-refractivity contribution is 5.50. The molecule has 1 unspecified atom stereocenters. The number of anilines is 1. The Morgan fingerprint density at radius 1 is 1.18 bits per heavy atom. The summed E-state index contributed by atoms with van der Waals surface area (Å²) in [4.78, 5) is 0. The van der Waals surface area contributed by atoms with Crippen molar-refractivity contribution >= 4 is 5.69 Å². The van der Waals surface area contributed by atoms with Gasteiger partial charge in [-0.2, -0.15) is 0 Å². The van der Waals surface area contributed by atoms with E-state index in [2.05, 4.69) is 31.3 Å². The van der Waals surface area contributed by atoms with E-state index in [0.717, 1.165) is 12.1 Å². The van der Waals surface area contributed by atoms with Crippen LogP contribution in [0.25, 0.3) is 0 Å². The van der Waals surface area contributed by atoms with E-state index in [1.54, 1.807) is 0 Å². The van der Waals surface area contributed by atoms with Crippen LogP contribution in [-0.4, -0.2) is 17.8 Å². The fraction of sp³-hybridized carbons (Fsp3) is 0.600. The number of hydrogen-bond acceptors (Lipinski definition) is 2. The smallest absolute Gasteiger partial charge is 0.0632 e. The van der Waals surface area contributed by atoms with Crippen LogP contribution < -0.4 is 5.32 Å². The van der Waals surface area contributed by atoms with Crippen LogP contribution in [0.2, 0.25) is 0 Å². The normalized spacial score (nSPS) is 12.4. The van der Waals surface area contributed by atoms with Crippen molar-refractivity contribution in [2.45, 2.75) is 52.0 Å². The molecular formula is C15H25NO. The molecule has 2 heteroatoms. The van der Waals surface area contributed by atoms with Gasteiger partial charge in [0, 0.05) is 11.7 Å². The molecule has 1 rings (SSSR count). The minimum absolute atomic E-state index is 0.188. The zero-order valence-electron chi connectivity index (χ0n) is 11.1. The Balaban J connectivity index is 2.38. The van der Waals surface area contributed by atoms with E-state index < -0.39 is 0 Å². The average Bonchev–Trinajstić information content (AvgIpc) is 2.35. The molecule has 0 saturated heterocycles. The van der Waals surface area contributed by atoms with E-state index in [1.165, 1.54) is 31.2 Å². The fourth-order valence-electron chi connectivity index (χ4n) is 1.98. The summed E-state index contributed by atoms with van der Waals surface area (Å²) in [7, 11) is 0. The van der Waals surface area contributed by atoms with Gasteiger partial charge in [0.15, 0.2) is 0 Å². The van der Waals surface area contributed by atoms with Gasteiger partial charge in [-0.15, -0.1) is 0 Å². The molecule has 0 aliphatic rings. The first kappa shape index (κ1) is 14.0. The first-order valence-electron chi connectivity index (χ1n) is 6.71. The number of benzene rings is 1. The predicted octanol–water partition coefficient (Wildman–Crippen LogP) is 3.74. The highest BCUT2D eigenvalue weighted by Crippen LogP contribution is 2.16. The van der Waals surface area contributed by atoms with E-state index in [1.807, 2.05) is 12.1 Å². The third-order valence-electron chi connectivity index (χ3n) is 3.13. The summed E-state index contributed by atoms with van der Waals surface area (Å²) in [5.41, 5.74) is 2.38. The maximum absolute atomic E-state index is 9.37. The molecule has 0 aliphatic carbocycles. The van der Waals surface area contributed by atoms with Crippen LogP contribution in [0.4, 0.5) is 5.69 Å². The fourth-order valence-corrected chi connectivity index (χ4v) is 1.98. The van der Waals surface area contributed by atoms with E-state index in [-0.39, 0.29) is 12.6 Å². The molecule has 2 N–H and O–H groups in total. The maximum atomic E-state index is 9.37. The third kappa shape index (κ3) is 5.22. The molecule has 0 aliphatic heterocycles. The average molecular weight is 235 g/mol. The van der Waals surface area contributed by atoms with Crippen molar-refractivity contribution < 1.29 is 5.11 Å². The van der Waals surface area contributed by atoms with Gasteiger partial charge in [0.05, 0.1) is 6.61 Å². The molecule has 0 bridgehead atoms. The van der Waals surface area contributed by atoms with Crippen molar-refractivity contribution in [3.8, 4) is 0 Å². The second-order valence-electron chi connectivity index (χ2n) is 4.69. The Bertz CT molecular complexity index is 312. The minimum atomic E-state index is 0.188. The first-order valence-corrected chi connectivity index (χ1v) is 6.71. The van der Waals surface area contributed by atoms with Crippen LogP contribution in [0.15, 0.2) is 24.3 Å². The Morgan fingerprint density at radius 2 is 1.94 bits per heavy atom. The Morgan fingerprint density at radius 3 is 2.59 bits per heavy atom. The van der Waals surface area contributed by atoms with Crippen molar-refractivity contribution in [2.75, 3.05) is 11.9 Å². The summed E-state index contributed by atoms with van der Waals surface area (Å²) in [5.74, 6) is 0. The summed E-state index contributed by atoms with van der Waals surface area (Å²) in [6, 6.07) is 8.42. The number of rotatable bonds is 8. The van der Waals surface area contributed by atoms with Gasteiger partial charge in [0.25, 0.3) is 0 Å². The molecule has 96 valence electrons. The highest BCUT2D eigenvalue weighted by Gasteiger charge is 2.07. The quantitative estimate of drug-likeness (QED) is 0.673. The Labute approximate surface area is 105 Å². The maximum Gasteiger partial charge on any atom is 0.0632 e. The van der Waals surface area contributed by atoms with E-state index in [0.29, 0.717) is 0 Å². The van der Waals surface area contributed by atoms with Gasteiger partial charge in [0.1, 0.15) is 0 Å². The first-order chi connectivity index (χ1) is 8.27. The molecule has 0 saturated carbocycles. The number of para-hydroxylation sites is 1. The van der Waals surface area contributed by atoms with Gasteiger partial charge in [-0.05, 0) is 25.0 Å². The number of aliphatic hydroxyl groups excluding tert-OH is 1. The second-order valence-corrected chi connectivity index (χ2v) is 4.69. The van der Waals surface area contributed by atoms with Crippen molar-refractivity contribution in [3.63, 3.8) is 0 Å². The standard InChI is InChI=1S/C15H25NO/c1-3-4-5-6-10-14(12-17)16-15-11-8-7-9-13(15)2/h7-9,11,14,16-17H,3-6,10,12H2,1-2H3. The predicted molar refractivity (Wildman–Crippen MR) is 74.4 cm³/mol. The highest BCUT2D eigenvalue weighted by atomic mass is 16.3. The Kier molecular flexibility index (Phi) is 6.71. The van der Waals surface area contributed by atoms with Crippen LogP contribution in [0.1, 0.15) is 44.6 Å². The number of unbranched alkanes of at least 4 members (excludes halogenated alkanes) is 3. The number of aliphatic hydroxyl groups is 1. The third-order valence-corrected chi connectivity index (χ3v) is 3.13. The largest absolute Gasteiger partial charge is 0.394 e. The number of hydrogen-bond donors (Lipinski definition) is 2. The summed E-state index contributed by atoms with van der Waals surface area (Å²) >= 11 is 0. The monoisotopic (exact) mass is 235 g/mol. The van der Waals surface area contributed by atoms with E-state index in [9.17, 15) is 5.11 Å². The van der Waals surface area contributed by atoms with Crippen molar-refractivity contribution in [2.24, 2.45) is 0 Å². The van der Waals surface area contributed by atoms with Gasteiger partial charge < -0.3 is 10.4 Å². The summed E-state index contributed by atoms with van der Waals surface area (Å²) in [6.07, 6.45) is 6.06. The molecule has 0 fully saturated rings. The molecular weight excluding hydrogens is 210 g/mol. The Hall–Kier alpha value is -1.02. The molecule has 0 heterocycles. The summed E-state index contributed by atoms with van der Waals surface area (Å²) in [6.45, 7) is 4.52. The van der Waals surface area contributed by atoms with Gasteiger partial charge >= 0.3 is 0 Å². The lowest BCUT2D eigenvalue weighted by Gasteiger charge is -2.19.